The molecular formula is C12H16N2O3S. The van der Waals surface area contributed by atoms with Crippen LogP contribution < -0.4 is 4.83 Å². The Labute approximate surface area is 107 Å². The Morgan fingerprint density at radius 1 is 1.28 bits per heavy atom. The van der Waals surface area contributed by atoms with E-state index in [4.69, 9.17) is 4.74 Å². The summed E-state index contributed by atoms with van der Waals surface area (Å²) in [6.45, 7) is 3.02. The van der Waals surface area contributed by atoms with E-state index in [1.807, 2.05) is 6.92 Å². The first-order valence-electron chi connectivity index (χ1n) is 5.79. The summed E-state index contributed by atoms with van der Waals surface area (Å²) in [7, 11) is -3.57. The predicted octanol–water partition coefficient (Wildman–Crippen LogP) is 1.44. The van der Waals surface area contributed by atoms with Gasteiger partial charge in [0.1, 0.15) is 0 Å². The molecule has 2 rings (SSSR count). The van der Waals surface area contributed by atoms with Gasteiger partial charge in [0, 0.05) is 6.61 Å². The number of nitrogens with one attached hydrogen (secondary N) is 1. The van der Waals surface area contributed by atoms with Crippen LogP contribution in [0.25, 0.3) is 0 Å². The quantitative estimate of drug-likeness (QED) is 0.843. The predicted molar refractivity (Wildman–Crippen MR) is 69.0 cm³/mol. The average molecular weight is 268 g/mol. The first-order chi connectivity index (χ1) is 8.58. The number of hydrogen-bond acceptors (Lipinski definition) is 4. The molecule has 0 bridgehead atoms. The molecule has 1 aliphatic rings. The van der Waals surface area contributed by atoms with E-state index in [9.17, 15) is 8.42 Å². The lowest BCUT2D eigenvalue weighted by Gasteiger charge is -2.13. The van der Waals surface area contributed by atoms with Gasteiger partial charge in [0.05, 0.1) is 17.2 Å². The van der Waals surface area contributed by atoms with Crippen LogP contribution in [-0.4, -0.2) is 27.3 Å². The molecule has 18 heavy (non-hydrogen) atoms. The summed E-state index contributed by atoms with van der Waals surface area (Å²) in [5, 5.41) is 3.91. The van der Waals surface area contributed by atoms with Gasteiger partial charge in [-0.2, -0.15) is 13.5 Å². The van der Waals surface area contributed by atoms with Crippen molar-refractivity contribution in [3.05, 3.63) is 29.8 Å². The van der Waals surface area contributed by atoms with E-state index in [2.05, 4.69) is 9.93 Å². The largest absolute Gasteiger partial charge is 0.375 e. The lowest BCUT2D eigenvalue weighted by molar-refractivity contribution is 0.154. The maximum atomic E-state index is 11.9. The lowest BCUT2D eigenvalue weighted by atomic mass is 10.2. The van der Waals surface area contributed by atoms with E-state index in [1.165, 1.54) is 0 Å². The minimum atomic E-state index is -3.57. The number of sulfonamides is 1. The summed E-state index contributed by atoms with van der Waals surface area (Å²) < 4.78 is 29.1. The zero-order valence-electron chi connectivity index (χ0n) is 10.2. The second-order valence-electron chi connectivity index (χ2n) is 4.24. The van der Waals surface area contributed by atoms with E-state index < -0.39 is 10.0 Å². The van der Waals surface area contributed by atoms with Crippen LogP contribution in [0.5, 0.6) is 0 Å². The number of rotatable bonds is 3. The Morgan fingerprint density at radius 3 is 2.61 bits per heavy atom. The van der Waals surface area contributed by atoms with Crippen molar-refractivity contribution < 1.29 is 13.2 Å². The molecule has 1 fully saturated rings. The lowest BCUT2D eigenvalue weighted by Crippen LogP contribution is -2.24. The molecule has 1 saturated heterocycles. The fourth-order valence-corrected chi connectivity index (χ4v) is 2.47. The molecule has 6 heteroatoms. The molecule has 1 aromatic rings. The Kier molecular flexibility index (Phi) is 3.98. The molecule has 0 aliphatic carbocycles. The number of aryl methyl sites for hydroxylation is 1. The third-order valence-corrected chi connectivity index (χ3v) is 3.90. The van der Waals surface area contributed by atoms with Gasteiger partial charge >= 0.3 is 0 Å². The number of hydrogen-bond donors (Lipinski definition) is 1. The fraction of sp³-hybridized carbons (Fsp3) is 0.417. The normalized spacial score (nSPS) is 18.8. The smallest absolute Gasteiger partial charge is 0.276 e. The molecule has 1 aromatic carbocycles. The Bertz CT molecular complexity index is 527. The molecule has 0 amide bonds. The minimum Gasteiger partial charge on any atom is -0.375 e. The standard InChI is InChI=1S/C12H16N2O3S/c1-10-4-6-12(7-5-10)18(15,16)14-13-11-3-2-8-17-9-11/h4-7,14H,2-3,8-9H2,1H3. The van der Waals surface area contributed by atoms with Crippen molar-refractivity contribution in [3.8, 4) is 0 Å². The summed E-state index contributed by atoms with van der Waals surface area (Å²) in [4.78, 5) is 2.46. The monoisotopic (exact) mass is 268 g/mol. The number of ether oxygens (including phenoxy) is 1. The van der Waals surface area contributed by atoms with Crippen molar-refractivity contribution in [1.29, 1.82) is 0 Å². The van der Waals surface area contributed by atoms with Crippen LogP contribution in [0.1, 0.15) is 18.4 Å². The van der Waals surface area contributed by atoms with Gasteiger partial charge in [0.15, 0.2) is 0 Å². The summed E-state index contributed by atoms with van der Waals surface area (Å²) in [6.07, 6.45) is 1.65. The third kappa shape index (κ3) is 3.30. The van der Waals surface area contributed by atoms with Crippen molar-refractivity contribution in [1.82, 2.24) is 4.83 Å². The number of benzene rings is 1. The molecule has 0 aromatic heterocycles. The van der Waals surface area contributed by atoms with E-state index in [1.54, 1.807) is 24.3 Å². The van der Waals surface area contributed by atoms with Crippen LogP contribution in [0.3, 0.4) is 0 Å². The van der Waals surface area contributed by atoms with Gasteiger partial charge in [-0.1, -0.05) is 17.7 Å². The molecule has 98 valence electrons. The van der Waals surface area contributed by atoms with Crippen LogP contribution in [0.15, 0.2) is 34.3 Å². The van der Waals surface area contributed by atoms with E-state index in [0.29, 0.717) is 13.2 Å². The summed E-state index contributed by atoms with van der Waals surface area (Å²) in [5.74, 6) is 0. The fourth-order valence-electron chi connectivity index (χ4n) is 1.62. The molecule has 1 N–H and O–H groups in total. The van der Waals surface area contributed by atoms with E-state index in [0.717, 1.165) is 24.1 Å². The molecule has 0 saturated carbocycles. The Hall–Kier alpha value is -1.40. The Balaban J connectivity index is 2.09. The number of hydrazone groups is 1. The highest BCUT2D eigenvalue weighted by Crippen LogP contribution is 2.10. The van der Waals surface area contributed by atoms with Crippen molar-refractivity contribution in [2.24, 2.45) is 5.10 Å². The summed E-state index contributed by atoms with van der Waals surface area (Å²) in [5.41, 5.74) is 1.75. The highest BCUT2D eigenvalue weighted by molar-refractivity contribution is 7.89. The molecular weight excluding hydrogens is 252 g/mol. The zero-order chi connectivity index (χ0) is 13.0. The van der Waals surface area contributed by atoms with Crippen LogP contribution in [0, 0.1) is 6.92 Å². The molecule has 1 heterocycles. The van der Waals surface area contributed by atoms with Crippen LogP contribution >= 0.6 is 0 Å². The minimum absolute atomic E-state index is 0.217. The first kappa shape index (κ1) is 13.0. The van der Waals surface area contributed by atoms with Gasteiger partial charge in [-0.05, 0) is 31.9 Å². The second kappa shape index (κ2) is 5.49. The van der Waals surface area contributed by atoms with E-state index >= 15 is 0 Å². The van der Waals surface area contributed by atoms with E-state index in [-0.39, 0.29) is 4.90 Å². The third-order valence-electron chi connectivity index (χ3n) is 2.68. The van der Waals surface area contributed by atoms with Crippen LogP contribution in [-0.2, 0) is 14.8 Å². The maximum absolute atomic E-state index is 11.9. The molecule has 0 radical (unpaired) electrons. The van der Waals surface area contributed by atoms with Crippen LogP contribution in [0.4, 0.5) is 0 Å². The molecule has 1 aliphatic heterocycles. The van der Waals surface area contributed by atoms with Gasteiger partial charge in [0.2, 0.25) is 0 Å². The SMILES string of the molecule is Cc1ccc(S(=O)(=O)NN=C2CCCOC2)cc1. The van der Waals surface area contributed by atoms with Gasteiger partial charge in [-0.15, -0.1) is 0 Å². The molecule has 0 spiro atoms. The van der Waals surface area contributed by atoms with Gasteiger partial charge < -0.3 is 4.74 Å². The summed E-state index contributed by atoms with van der Waals surface area (Å²) in [6, 6.07) is 6.64. The Morgan fingerprint density at radius 2 is 2.00 bits per heavy atom. The van der Waals surface area contributed by atoms with Gasteiger partial charge in [0.25, 0.3) is 10.0 Å². The highest BCUT2D eigenvalue weighted by Gasteiger charge is 2.14. The van der Waals surface area contributed by atoms with Gasteiger partial charge in [-0.3, -0.25) is 0 Å². The number of nitrogens with zero attached hydrogens (tertiary/aromatic N) is 1. The first-order valence-corrected chi connectivity index (χ1v) is 7.28. The van der Waals surface area contributed by atoms with Crippen LogP contribution in [0.2, 0.25) is 0 Å². The summed E-state index contributed by atoms with van der Waals surface area (Å²) >= 11 is 0. The van der Waals surface area contributed by atoms with Crippen molar-refractivity contribution in [2.45, 2.75) is 24.7 Å². The van der Waals surface area contributed by atoms with Crippen molar-refractivity contribution in [3.63, 3.8) is 0 Å². The molecule has 0 atom stereocenters. The van der Waals surface area contributed by atoms with Crippen molar-refractivity contribution >= 4 is 15.7 Å². The second-order valence-corrected chi connectivity index (χ2v) is 5.90. The van der Waals surface area contributed by atoms with Crippen molar-refractivity contribution in [2.75, 3.05) is 13.2 Å². The maximum Gasteiger partial charge on any atom is 0.276 e. The van der Waals surface area contributed by atoms with Gasteiger partial charge in [-0.25, -0.2) is 4.83 Å². The molecule has 5 nitrogen and oxygen atoms in total. The molecule has 0 unspecified atom stereocenters. The zero-order valence-corrected chi connectivity index (χ0v) is 11.0. The topological polar surface area (TPSA) is 67.8 Å². The highest BCUT2D eigenvalue weighted by atomic mass is 32.2. The average Bonchev–Trinajstić information content (AvgIpc) is 2.38.